The largest absolute Gasteiger partial charge is 0.378 e. The average molecular weight is 287 g/mol. The van der Waals surface area contributed by atoms with E-state index in [0.29, 0.717) is 5.88 Å². The summed E-state index contributed by atoms with van der Waals surface area (Å²) in [7, 11) is 4.05. The topological polar surface area (TPSA) is 34.0 Å². The van der Waals surface area contributed by atoms with E-state index in [0.717, 1.165) is 28.2 Å². The molecular weight excluding hydrogens is 272 g/mol. The van der Waals surface area contributed by atoms with Gasteiger partial charge in [-0.25, -0.2) is 4.98 Å². The van der Waals surface area contributed by atoms with Crippen molar-refractivity contribution in [2.75, 3.05) is 19.0 Å². The second-order valence-electron chi connectivity index (χ2n) is 4.77. The van der Waals surface area contributed by atoms with Crippen molar-refractivity contribution in [3.63, 3.8) is 0 Å². The lowest BCUT2D eigenvalue weighted by atomic mass is 10.2. The number of fused-ring (bicyclic) bond motifs is 1. The van der Waals surface area contributed by atoms with Crippen molar-refractivity contribution in [3.8, 4) is 5.69 Å². The zero-order valence-electron chi connectivity index (χ0n) is 11.4. The highest BCUT2D eigenvalue weighted by atomic mass is 35.5. The Morgan fingerprint density at radius 1 is 1.15 bits per heavy atom. The molecule has 0 bridgehead atoms. The van der Waals surface area contributed by atoms with Crippen molar-refractivity contribution >= 4 is 28.3 Å². The molecule has 2 heterocycles. The van der Waals surface area contributed by atoms with E-state index in [2.05, 4.69) is 43.7 Å². The second-order valence-corrected chi connectivity index (χ2v) is 5.04. The van der Waals surface area contributed by atoms with E-state index in [1.54, 1.807) is 12.4 Å². The SMILES string of the molecule is CN(C)c1ccc(-n2c(CCl)nc3cnccc32)cc1. The van der Waals surface area contributed by atoms with Crippen molar-refractivity contribution < 1.29 is 0 Å². The Kier molecular flexibility index (Phi) is 3.32. The van der Waals surface area contributed by atoms with Crippen LogP contribution in [-0.4, -0.2) is 28.6 Å². The van der Waals surface area contributed by atoms with Gasteiger partial charge in [-0.2, -0.15) is 0 Å². The minimum absolute atomic E-state index is 0.365. The highest BCUT2D eigenvalue weighted by molar-refractivity contribution is 6.17. The lowest BCUT2D eigenvalue weighted by molar-refractivity contribution is 0.980. The number of alkyl halides is 1. The number of benzene rings is 1. The molecule has 102 valence electrons. The maximum atomic E-state index is 6.02. The highest BCUT2D eigenvalue weighted by Gasteiger charge is 2.11. The van der Waals surface area contributed by atoms with Crippen LogP contribution in [0, 0.1) is 0 Å². The first kappa shape index (κ1) is 12.9. The summed E-state index contributed by atoms with van der Waals surface area (Å²) in [6.07, 6.45) is 3.53. The molecule has 0 aliphatic heterocycles. The zero-order valence-corrected chi connectivity index (χ0v) is 12.2. The average Bonchev–Trinajstić information content (AvgIpc) is 2.85. The molecule has 0 unspecified atom stereocenters. The number of rotatable bonds is 3. The number of imidazole rings is 1. The van der Waals surface area contributed by atoms with E-state index in [-0.39, 0.29) is 0 Å². The van der Waals surface area contributed by atoms with Gasteiger partial charge in [-0.3, -0.25) is 9.55 Å². The van der Waals surface area contributed by atoms with Crippen LogP contribution in [0.2, 0.25) is 0 Å². The van der Waals surface area contributed by atoms with Gasteiger partial charge in [0.1, 0.15) is 11.3 Å². The lowest BCUT2D eigenvalue weighted by Gasteiger charge is -2.14. The lowest BCUT2D eigenvalue weighted by Crippen LogP contribution is -2.08. The summed E-state index contributed by atoms with van der Waals surface area (Å²) < 4.78 is 2.07. The van der Waals surface area contributed by atoms with Crippen LogP contribution in [0.3, 0.4) is 0 Å². The number of pyridine rings is 1. The summed E-state index contributed by atoms with van der Waals surface area (Å²) in [5.74, 6) is 1.19. The van der Waals surface area contributed by atoms with Crippen LogP contribution in [0.5, 0.6) is 0 Å². The van der Waals surface area contributed by atoms with Crippen LogP contribution in [0.1, 0.15) is 5.82 Å². The standard InChI is InChI=1S/C15H15ClN4/c1-19(2)11-3-5-12(6-4-11)20-14-7-8-17-10-13(14)18-15(20)9-16/h3-8,10H,9H2,1-2H3. The molecule has 0 radical (unpaired) electrons. The number of halogens is 1. The number of hydrogen-bond donors (Lipinski definition) is 0. The Bertz CT molecular complexity index is 731. The van der Waals surface area contributed by atoms with Crippen molar-refractivity contribution in [2.24, 2.45) is 0 Å². The molecule has 0 N–H and O–H groups in total. The number of anilines is 1. The zero-order chi connectivity index (χ0) is 14.1. The van der Waals surface area contributed by atoms with Gasteiger partial charge in [0.05, 0.1) is 17.6 Å². The van der Waals surface area contributed by atoms with Crippen LogP contribution < -0.4 is 4.90 Å². The minimum atomic E-state index is 0.365. The Labute approximate surface area is 122 Å². The van der Waals surface area contributed by atoms with Gasteiger partial charge in [0.15, 0.2) is 0 Å². The molecule has 3 aromatic rings. The second kappa shape index (κ2) is 5.13. The molecular formula is C15H15ClN4. The fourth-order valence-corrected chi connectivity index (χ4v) is 2.44. The van der Waals surface area contributed by atoms with E-state index < -0.39 is 0 Å². The summed E-state index contributed by atoms with van der Waals surface area (Å²) in [5.41, 5.74) is 4.10. The summed E-state index contributed by atoms with van der Waals surface area (Å²) >= 11 is 6.02. The quantitative estimate of drug-likeness (QED) is 0.693. The summed E-state index contributed by atoms with van der Waals surface area (Å²) in [5, 5.41) is 0. The van der Waals surface area contributed by atoms with E-state index in [4.69, 9.17) is 11.6 Å². The van der Waals surface area contributed by atoms with Gasteiger partial charge in [-0.1, -0.05) is 0 Å². The van der Waals surface area contributed by atoms with Crippen LogP contribution in [0.25, 0.3) is 16.7 Å². The van der Waals surface area contributed by atoms with Gasteiger partial charge < -0.3 is 4.90 Å². The van der Waals surface area contributed by atoms with Crippen LogP contribution in [-0.2, 0) is 5.88 Å². The fourth-order valence-electron chi connectivity index (χ4n) is 2.26. The van der Waals surface area contributed by atoms with E-state index in [9.17, 15) is 0 Å². The summed E-state index contributed by atoms with van der Waals surface area (Å²) in [6.45, 7) is 0. The molecule has 0 saturated heterocycles. The van der Waals surface area contributed by atoms with E-state index in [1.165, 1.54) is 0 Å². The van der Waals surface area contributed by atoms with Crippen LogP contribution in [0.15, 0.2) is 42.7 Å². The normalized spacial score (nSPS) is 10.9. The van der Waals surface area contributed by atoms with Gasteiger partial charge in [-0.05, 0) is 30.3 Å². The third-order valence-electron chi connectivity index (χ3n) is 3.27. The maximum absolute atomic E-state index is 6.02. The molecule has 4 nitrogen and oxygen atoms in total. The monoisotopic (exact) mass is 286 g/mol. The van der Waals surface area contributed by atoms with Crippen LogP contribution in [0.4, 0.5) is 5.69 Å². The third-order valence-corrected chi connectivity index (χ3v) is 3.51. The number of aromatic nitrogens is 3. The predicted octanol–water partition coefficient (Wildman–Crippen LogP) is 3.23. The maximum Gasteiger partial charge on any atom is 0.129 e. The molecule has 3 rings (SSSR count). The van der Waals surface area contributed by atoms with E-state index in [1.807, 2.05) is 20.2 Å². The first-order chi connectivity index (χ1) is 9.70. The van der Waals surface area contributed by atoms with Gasteiger partial charge in [0.2, 0.25) is 0 Å². The molecule has 0 aliphatic rings. The molecule has 0 fully saturated rings. The van der Waals surface area contributed by atoms with Crippen molar-refractivity contribution in [1.29, 1.82) is 0 Å². The Hall–Kier alpha value is -2.07. The predicted molar refractivity (Wildman–Crippen MR) is 82.7 cm³/mol. The first-order valence-electron chi connectivity index (χ1n) is 6.36. The Balaban J connectivity index is 2.17. The fraction of sp³-hybridized carbons (Fsp3) is 0.200. The molecule has 20 heavy (non-hydrogen) atoms. The summed E-state index contributed by atoms with van der Waals surface area (Å²) in [4.78, 5) is 10.7. The summed E-state index contributed by atoms with van der Waals surface area (Å²) in [6, 6.07) is 10.3. The number of hydrogen-bond acceptors (Lipinski definition) is 3. The molecule has 0 atom stereocenters. The minimum Gasteiger partial charge on any atom is -0.378 e. The van der Waals surface area contributed by atoms with Gasteiger partial charge >= 0.3 is 0 Å². The van der Waals surface area contributed by atoms with Gasteiger partial charge in [0, 0.05) is 31.7 Å². The molecule has 1 aromatic carbocycles. The highest BCUT2D eigenvalue weighted by Crippen LogP contribution is 2.23. The molecule has 0 amide bonds. The smallest absolute Gasteiger partial charge is 0.129 e. The van der Waals surface area contributed by atoms with Crippen molar-refractivity contribution in [3.05, 3.63) is 48.5 Å². The van der Waals surface area contributed by atoms with Gasteiger partial charge in [0.25, 0.3) is 0 Å². The molecule has 0 aliphatic carbocycles. The van der Waals surface area contributed by atoms with Gasteiger partial charge in [-0.15, -0.1) is 11.6 Å². The van der Waals surface area contributed by atoms with E-state index >= 15 is 0 Å². The first-order valence-corrected chi connectivity index (χ1v) is 6.89. The molecule has 2 aromatic heterocycles. The molecule has 0 spiro atoms. The molecule has 0 saturated carbocycles. The van der Waals surface area contributed by atoms with Crippen LogP contribution >= 0.6 is 11.6 Å². The number of nitrogens with zero attached hydrogens (tertiary/aromatic N) is 4. The third kappa shape index (κ3) is 2.12. The van der Waals surface area contributed by atoms with Crippen molar-refractivity contribution in [1.82, 2.24) is 14.5 Å². The Morgan fingerprint density at radius 3 is 2.55 bits per heavy atom. The molecule has 5 heteroatoms. The van der Waals surface area contributed by atoms with Crippen molar-refractivity contribution in [2.45, 2.75) is 5.88 Å². The Morgan fingerprint density at radius 2 is 1.90 bits per heavy atom.